The molecule has 106 valence electrons. The number of hydrogen-bond donors (Lipinski definition) is 0. The van der Waals surface area contributed by atoms with E-state index in [1.807, 2.05) is 0 Å². The SMILES string of the molecule is COCCn1ncc(Cl)c1C(=O)C1(C)CCCCC1. The summed E-state index contributed by atoms with van der Waals surface area (Å²) in [5.41, 5.74) is 0.260. The van der Waals surface area contributed by atoms with Crippen molar-refractivity contribution < 1.29 is 9.53 Å². The highest BCUT2D eigenvalue weighted by Crippen LogP contribution is 2.39. The van der Waals surface area contributed by atoms with Gasteiger partial charge in [0.15, 0.2) is 5.78 Å². The highest BCUT2D eigenvalue weighted by atomic mass is 35.5. The molecule has 1 heterocycles. The Hall–Kier alpha value is -0.870. The lowest BCUT2D eigenvalue weighted by molar-refractivity contribution is 0.0734. The molecule has 1 fully saturated rings. The molecule has 1 aromatic rings. The van der Waals surface area contributed by atoms with Gasteiger partial charge in [-0.3, -0.25) is 9.48 Å². The lowest BCUT2D eigenvalue weighted by Gasteiger charge is -2.32. The molecule has 19 heavy (non-hydrogen) atoms. The molecule has 5 heteroatoms. The Kier molecular flexibility index (Phi) is 4.63. The van der Waals surface area contributed by atoms with Gasteiger partial charge in [-0.25, -0.2) is 0 Å². The number of hydrogen-bond acceptors (Lipinski definition) is 3. The average molecular weight is 285 g/mol. The van der Waals surface area contributed by atoms with Crippen LogP contribution in [-0.2, 0) is 11.3 Å². The maximum absolute atomic E-state index is 12.8. The monoisotopic (exact) mass is 284 g/mol. The van der Waals surface area contributed by atoms with Crippen LogP contribution in [0.15, 0.2) is 6.20 Å². The van der Waals surface area contributed by atoms with Gasteiger partial charge in [0, 0.05) is 12.5 Å². The molecule has 4 nitrogen and oxygen atoms in total. The molecule has 1 aliphatic rings. The highest BCUT2D eigenvalue weighted by molar-refractivity contribution is 6.33. The number of ketones is 1. The third kappa shape index (κ3) is 3.00. The van der Waals surface area contributed by atoms with Gasteiger partial charge in [0.05, 0.1) is 24.4 Å². The molecule has 0 bridgehead atoms. The second-order valence-corrected chi connectivity index (χ2v) is 5.91. The number of methoxy groups -OCH3 is 1. The van der Waals surface area contributed by atoms with Crippen molar-refractivity contribution in [3.05, 3.63) is 16.9 Å². The Morgan fingerprint density at radius 1 is 1.47 bits per heavy atom. The molecule has 0 N–H and O–H groups in total. The number of carbonyl (C=O) groups excluding carboxylic acids is 1. The summed E-state index contributed by atoms with van der Waals surface area (Å²) in [4.78, 5) is 12.8. The van der Waals surface area contributed by atoms with Gasteiger partial charge in [-0.05, 0) is 12.8 Å². The summed E-state index contributed by atoms with van der Waals surface area (Å²) in [6.45, 7) is 3.13. The molecular weight excluding hydrogens is 264 g/mol. The average Bonchev–Trinajstić information content (AvgIpc) is 2.77. The van der Waals surface area contributed by atoms with E-state index in [1.54, 1.807) is 18.0 Å². The molecule has 0 atom stereocenters. The lowest BCUT2D eigenvalue weighted by Crippen LogP contribution is -2.32. The summed E-state index contributed by atoms with van der Waals surface area (Å²) >= 11 is 6.15. The number of carbonyl (C=O) groups is 1. The Labute approximate surface area is 119 Å². The fraction of sp³-hybridized carbons (Fsp3) is 0.714. The second kappa shape index (κ2) is 6.06. The lowest BCUT2D eigenvalue weighted by atomic mass is 9.72. The minimum Gasteiger partial charge on any atom is -0.383 e. The summed E-state index contributed by atoms with van der Waals surface area (Å²) in [6, 6.07) is 0. The van der Waals surface area contributed by atoms with Crippen molar-refractivity contribution in [1.82, 2.24) is 9.78 Å². The van der Waals surface area contributed by atoms with Crippen LogP contribution in [0.2, 0.25) is 5.02 Å². The van der Waals surface area contributed by atoms with Gasteiger partial charge in [-0.1, -0.05) is 37.8 Å². The smallest absolute Gasteiger partial charge is 0.188 e. The van der Waals surface area contributed by atoms with E-state index in [2.05, 4.69) is 12.0 Å². The third-order valence-electron chi connectivity index (χ3n) is 4.02. The zero-order valence-electron chi connectivity index (χ0n) is 11.6. The topological polar surface area (TPSA) is 44.1 Å². The number of ether oxygens (including phenoxy) is 1. The molecule has 1 saturated carbocycles. The molecule has 2 rings (SSSR count). The van der Waals surface area contributed by atoms with Crippen molar-refractivity contribution in [2.75, 3.05) is 13.7 Å². The Morgan fingerprint density at radius 2 is 2.16 bits per heavy atom. The molecule has 0 unspecified atom stereocenters. The van der Waals surface area contributed by atoms with Crippen molar-refractivity contribution in [3.63, 3.8) is 0 Å². The Morgan fingerprint density at radius 3 is 2.79 bits per heavy atom. The van der Waals surface area contributed by atoms with Crippen LogP contribution in [0.3, 0.4) is 0 Å². The maximum atomic E-state index is 12.8. The molecule has 0 aromatic carbocycles. The second-order valence-electron chi connectivity index (χ2n) is 5.51. The van der Waals surface area contributed by atoms with Crippen LogP contribution in [0.1, 0.15) is 49.5 Å². The number of nitrogens with zero attached hydrogens (tertiary/aromatic N) is 2. The molecule has 0 radical (unpaired) electrons. The summed E-state index contributed by atoms with van der Waals surface area (Å²) in [5, 5.41) is 4.64. The van der Waals surface area contributed by atoms with Crippen molar-refractivity contribution >= 4 is 17.4 Å². The van der Waals surface area contributed by atoms with Gasteiger partial charge in [-0.2, -0.15) is 5.10 Å². The van der Waals surface area contributed by atoms with Gasteiger partial charge >= 0.3 is 0 Å². The number of halogens is 1. The van der Waals surface area contributed by atoms with Crippen LogP contribution in [0.4, 0.5) is 0 Å². The van der Waals surface area contributed by atoms with Gasteiger partial charge < -0.3 is 4.74 Å². The van der Waals surface area contributed by atoms with Crippen LogP contribution < -0.4 is 0 Å². The maximum Gasteiger partial charge on any atom is 0.188 e. The largest absolute Gasteiger partial charge is 0.383 e. The standard InChI is InChI=1S/C14H21ClN2O2/c1-14(6-4-3-5-7-14)13(18)12-11(15)10-16-17(12)8-9-19-2/h10H,3-9H2,1-2H3. The first-order valence-corrected chi connectivity index (χ1v) is 7.21. The Balaban J connectivity index is 2.24. The summed E-state index contributed by atoms with van der Waals surface area (Å²) in [6.07, 6.45) is 6.89. The summed E-state index contributed by atoms with van der Waals surface area (Å²) in [5.74, 6) is 0.130. The van der Waals surface area contributed by atoms with E-state index >= 15 is 0 Å². The van der Waals surface area contributed by atoms with Gasteiger partial charge in [0.1, 0.15) is 5.69 Å². The van der Waals surface area contributed by atoms with E-state index in [0.29, 0.717) is 23.9 Å². The van der Waals surface area contributed by atoms with E-state index in [4.69, 9.17) is 16.3 Å². The van der Waals surface area contributed by atoms with Crippen LogP contribution in [-0.4, -0.2) is 29.3 Å². The van der Waals surface area contributed by atoms with Crippen LogP contribution in [0.25, 0.3) is 0 Å². The van der Waals surface area contributed by atoms with Gasteiger partial charge in [0.2, 0.25) is 0 Å². The molecule has 0 spiro atoms. The van der Waals surface area contributed by atoms with Crippen molar-refractivity contribution in [1.29, 1.82) is 0 Å². The summed E-state index contributed by atoms with van der Waals surface area (Å²) < 4.78 is 6.72. The number of Topliss-reactive ketones (excluding diaryl/α,β-unsaturated/α-hetero) is 1. The van der Waals surface area contributed by atoms with Crippen molar-refractivity contribution in [2.24, 2.45) is 5.41 Å². The first kappa shape index (κ1) is 14.5. The first-order valence-electron chi connectivity index (χ1n) is 6.83. The fourth-order valence-corrected chi connectivity index (χ4v) is 3.01. The zero-order chi connectivity index (χ0) is 13.9. The van der Waals surface area contributed by atoms with E-state index in [-0.39, 0.29) is 11.2 Å². The normalized spacial score (nSPS) is 18.5. The molecule has 1 aromatic heterocycles. The molecule has 0 amide bonds. The van der Waals surface area contributed by atoms with Crippen LogP contribution >= 0.6 is 11.6 Å². The number of rotatable bonds is 5. The molecule has 1 aliphatic carbocycles. The fourth-order valence-electron chi connectivity index (χ4n) is 2.78. The van der Waals surface area contributed by atoms with E-state index in [0.717, 1.165) is 25.7 Å². The van der Waals surface area contributed by atoms with E-state index < -0.39 is 0 Å². The van der Waals surface area contributed by atoms with Gasteiger partial charge in [0.25, 0.3) is 0 Å². The molecular formula is C14H21ClN2O2. The minimum atomic E-state index is -0.285. The van der Waals surface area contributed by atoms with E-state index in [9.17, 15) is 4.79 Å². The molecule has 0 saturated heterocycles. The van der Waals surface area contributed by atoms with E-state index in [1.165, 1.54) is 6.42 Å². The minimum absolute atomic E-state index is 0.130. The van der Waals surface area contributed by atoms with Crippen molar-refractivity contribution in [2.45, 2.75) is 45.6 Å². The van der Waals surface area contributed by atoms with Gasteiger partial charge in [-0.15, -0.1) is 0 Å². The van der Waals surface area contributed by atoms with Crippen LogP contribution in [0.5, 0.6) is 0 Å². The quantitative estimate of drug-likeness (QED) is 0.779. The zero-order valence-corrected chi connectivity index (χ0v) is 12.4. The first-order chi connectivity index (χ1) is 9.08. The van der Waals surface area contributed by atoms with Crippen molar-refractivity contribution in [3.8, 4) is 0 Å². The molecule has 0 aliphatic heterocycles. The number of aromatic nitrogens is 2. The Bertz CT molecular complexity index is 450. The summed E-state index contributed by atoms with van der Waals surface area (Å²) in [7, 11) is 1.63. The predicted molar refractivity (Wildman–Crippen MR) is 74.6 cm³/mol. The highest BCUT2D eigenvalue weighted by Gasteiger charge is 2.37. The third-order valence-corrected chi connectivity index (χ3v) is 4.30. The predicted octanol–water partition coefficient (Wildman–Crippen LogP) is 3.34. The van der Waals surface area contributed by atoms with Crippen LogP contribution in [0, 0.1) is 5.41 Å².